The maximum atomic E-state index is 11.5. The zero-order valence-electron chi connectivity index (χ0n) is 13.4. The predicted octanol–water partition coefficient (Wildman–Crippen LogP) is 2.36. The molecule has 1 heterocycles. The molecule has 1 fully saturated rings. The van der Waals surface area contributed by atoms with Crippen LogP contribution in [0, 0.1) is 5.92 Å². The first-order valence-corrected chi connectivity index (χ1v) is 8.23. The van der Waals surface area contributed by atoms with Crippen LogP contribution in [0.25, 0.3) is 0 Å². The minimum Gasteiger partial charge on any atom is -0.493 e. The molecule has 0 saturated carbocycles. The van der Waals surface area contributed by atoms with Crippen molar-refractivity contribution in [2.45, 2.75) is 39.5 Å². The first-order valence-electron chi connectivity index (χ1n) is 8.23. The van der Waals surface area contributed by atoms with E-state index in [9.17, 15) is 4.79 Å². The van der Waals surface area contributed by atoms with Crippen LogP contribution in [0.5, 0.6) is 5.75 Å². The van der Waals surface area contributed by atoms with Crippen molar-refractivity contribution in [3.05, 3.63) is 29.8 Å². The Morgan fingerprint density at radius 3 is 2.90 bits per heavy atom. The number of piperidine rings is 1. The van der Waals surface area contributed by atoms with Gasteiger partial charge in [-0.05, 0) is 44.7 Å². The van der Waals surface area contributed by atoms with Crippen LogP contribution in [0.15, 0.2) is 24.3 Å². The van der Waals surface area contributed by atoms with E-state index in [1.807, 2.05) is 24.3 Å². The molecular weight excluding hydrogens is 262 g/mol. The van der Waals surface area contributed by atoms with Gasteiger partial charge in [0.2, 0.25) is 0 Å². The van der Waals surface area contributed by atoms with Crippen molar-refractivity contribution in [2.24, 2.45) is 5.92 Å². The van der Waals surface area contributed by atoms with E-state index in [4.69, 9.17) is 4.74 Å². The zero-order chi connectivity index (χ0) is 15.1. The highest BCUT2D eigenvalue weighted by Gasteiger charge is 2.18. The number of likely N-dealkylation sites (tertiary alicyclic amines) is 1. The lowest BCUT2D eigenvalue weighted by atomic mass is 10.0. The van der Waals surface area contributed by atoms with Crippen molar-refractivity contribution in [3.63, 3.8) is 0 Å². The van der Waals surface area contributed by atoms with E-state index in [1.54, 1.807) is 11.8 Å². The summed E-state index contributed by atoms with van der Waals surface area (Å²) in [6.45, 7) is 8.56. The van der Waals surface area contributed by atoms with Gasteiger partial charge in [0.25, 0.3) is 0 Å². The van der Waals surface area contributed by atoms with Crippen LogP contribution in [-0.4, -0.2) is 32.0 Å². The first-order chi connectivity index (χ1) is 10.2. The number of Topliss-reactive ketones (excluding diaryl/α,β-unsaturated/α-hetero) is 1. The summed E-state index contributed by atoms with van der Waals surface area (Å²) in [7, 11) is 0. The fraction of sp³-hybridized carbons (Fsp3) is 0.611. The highest BCUT2D eigenvalue weighted by atomic mass is 16.5. The van der Waals surface area contributed by atoms with Gasteiger partial charge in [-0.15, -0.1) is 0 Å². The lowest BCUT2D eigenvalue weighted by Crippen LogP contribution is -3.13. The molecule has 1 aliphatic rings. The molecule has 0 amide bonds. The fourth-order valence-corrected chi connectivity index (χ4v) is 3.17. The number of rotatable bonds is 7. The van der Waals surface area contributed by atoms with Crippen LogP contribution in [0.1, 0.15) is 49.9 Å². The molecule has 1 unspecified atom stereocenters. The average Bonchev–Trinajstić information content (AvgIpc) is 2.47. The predicted molar refractivity (Wildman–Crippen MR) is 85.1 cm³/mol. The standard InChI is InChI=1S/C18H27NO2/c1-15-8-7-12-19(14-15)11-5-6-13-21-18-10-4-3-9-17(18)16(2)20/h3-4,9-10,15H,5-8,11-14H2,1-2H3/p+1/t15-/m1/s1. The second-order valence-electron chi connectivity index (χ2n) is 6.31. The van der Waals surface area contributed by atoms with Gasteiger partial charge in [0.15, 0.2) is 5.78 Å². The fourth-order valence-electron chi connectivity index (χ4n) is 3.17. The molecule has 0 aromatic heterocycles. The van der Waals surface area contributed by atoms with Crippen molar-refractivity contribution < 1.29 is 14.4 Å². The molecule has 3 nitrogen and oxygen atoms in total. The van der Waals surface area contributed by atoms with Crippen LogP contribution in [0.4, 0.5) is 0 Å². The average molecular weight is 290 g/mol. The van der Waals surface area contributed by atoms with Gasteiger partial charge < -0.3 is 9.64 Å². The molecular formula is C18H28NO2+. The molecule has 0 spiro atoms. The number of unbranched alkanes of at least 4 members (excludes halogenated alkanes) is 1. The van der Waals surface area contributed by atoms with Gasteiger partial charge in [-0.25, -0.2) is 0 Å². The summed E-state index contributed by atoms with van der Waals surface area (Å²) < 4.78 is 5.78. The van der Waals surface area contributed by atoms with E-state index in [-0.39, 0.29) is 5.78 Å². The van der Waals surface area contributed by atoms with Gasteiger partial charge in [0.1, 0.15) is 5.75 Å². The Bertz CT molecular complexity index is 458. The first kappa shape index (κ1) is 16.0. The van der Waals surface area contributed by atoms with E-state index in [1.165, 1.54) is 38.9 Å². The van der Waals surface area contributed by atoms with E-state index in [0.29, 0.717) is 12.2 Å². The SMILES string of the molecule is CC(=O)c1ccccc1OCCCC[NH+]1CCC[C@@H](C)C1. The summed E-state index contributed by atoms with van der Waals surface area (Å²) in [5, 5.41) is 0. The largest absolute Gasteiger partial charge is 0.493 e. The third-order valence-electron chi connectivity index (χ3n) is 4.31. The molecule has 116 valence electrons. The summed E-state index contributed by atoms with van der Waals surface area (Å²) in [5.41, 5.74) is 0.688. The number of benzene rings is 1. The summed E-state index contributed by atoms with van der Waals surface area (Å²) in [5.74, 6) is 1.67. The molecule has 2 rings (SSSR count). The van der Waals surface area contributed by atoms with Crippen LogP contribution in [0.3, 0.4) is 0 Å². The van der Waals surface area contributed by atoms with Crippen molar-refractivity contribution in [2.75, 3.05) is 26.2 Å². The summed E-state index contributed by atoms with van der Waals surface area (Å²) in [6, 6.07) is 7.51. The Hall–Kier alpha value is -1.35. The van der Waals surface area contributed by atoms with E-state index < -0.39 is 0 Å². The number of ether oxygens (including phenoxy) is 1. The lowest BCUT2D eigenvalue weighted by molar-refractivity contribution is -0.908. The number of ketones is 1. The van der Waals surface area contributed by atoms with Crippen molar-refractivity contribution in [1.82, 2.24) is 0 Å². The number of para-hydroxylation sites is 1. The van der Waals surface area contributed by atoms with Gasteiger partial charge >= 0.3 is 0 Å². The molecule has 0 bridgehead atoms. The summed E-state index contributed by atoms with van der Waals surface area (Å²) >= 11 is 0. The quantitative estimate of drug-likeness (QED) is 0.617. The molecule has 1 saturated heterocycles. The van der Waals surface area contributed by atoms with E-state index in [0.717, 1.165) is 18.1 Å². The zero-order valence-corrected chi connectivity index (χ0v) is 13.4. The van der Waals surface area contributed by atoms with Gasteiger partial charge in [-0.3, -0.25) is 4.79 Å². The van der Waals surface area contributed by atoms with Crippen LogP contribution in [-0.2, 0) is 0 Å². The Balaban J connectivity index is 1.67. The van der Waals surface area contributed by atoms with E-state index >= 15 is 0 Å². The van der Waals surface area contributed by atoms with Gasteiger partial charge in [-0.1, -0.05) is 19.1 Å². The Labute approximate surface area is 128 Å². The Morgan fingerprint density at radius 1 is 1.33 bits per heavy atom. The molecule has 2 atom stereocenters. The number of nitrogens with one attached hydrogen (secondary N) is 1. The van der Waals surface area contributed by atoms with Crippen molar-refractivity contribution in [3.8, 4) is 5.75 Å². The maximum Gasteiger partial charge on any atom is 0.163 e. The number of carbonyl (C=O) groups is 1. The van der Waals surface area contributed by atoms with Gasteiger partial charge in [-0.2, -0.15) is 0 Å². The molecule has 1 aromatic carbocycles. The van der Waals surface area contributed by atoms with Gasteiger partial charge in [0.05, 0.1) is 31.8 Å². The highest BCUT2D eigenvalue weighted by Crippen LogP contribution is 2.18. The number of hydrogen-bond donors (Lipinski definition) is 1. The van der Waals surface area contributed by atoms with E-state index in [2.05, 4.69) is 6.92 Å². The maximum absolute atomic E-state index is 11.5. The number of hydrogen-bond acceptors (Lipinski definition) is 2. The molecule has 1 aliphatic heterocycles. The molecule has 1 aromatic rings. The lowest BCUT2D eigenvalue weighted by Gasteiger charge is -2.27. The number of quaternary nitrogens is 1. The second-order valence-corrected chi connectivity index (χ2v) is 6.31. The topological polar surface area (TPSA) is 30.7 Å². The Morgan fingerprint density at radius 2 is 2.14 bits per heavy atom. The van der Waals surface area contributed by atoms with Crippen molar-refractivity contribution in [1.29, 1.82) is 0 Å². The van der Waals surface area contributed by atoms with Crippen LogP contribution >= 0.6 is 0 Å². The van der Waals surface area contributed by atoms with Gasteiger partial charge in [0, 0.05) is 5.92 Å². The van der Waals surface area contributed by atoms with Crippen LogP contribution < -0.4 is 9.64 Å². The molecule has 21 heavy (non-hydrogen) atoms. The van der Waals surface area contributed by atoms with Crippen molar-refractivity contribution >= 4 is 5.78 Å². The smallest absolute Gasteiger partial charge is 0.163 e. The molecule has 1 N–H and O–H groups in total. The summed E-state index contributed by atoms with van der Waals surface area (Å²) in [6.07, 6.45) is 5.03. The minimum absolute atomic E-state index is 0.0670. The normalized spacial score (nSPS) is 22.0. The molecule has 3 heteroatoms. The second kappa shape index (κ2) is 8.18. The minimum atomic E-state index is 0.0670. The molecule has 0 aliphatic carbocycles. The molecule has 0 radical (unpaired) electrons. The third kappa shape index (κ3) is 5.16. The summed E-state index contributed by atoms with van der Waals surface area (Å²) in [4.78, 5) is 13.3. The Kier molecular flexibility index (Phi) is 6.24. The number of carbonyl (C=O) groups excluding carboxylic acids is 1. The van der Waals surface area contributed by atoms with Crippen LogP contribution in [0.2, 0.25) is 0 Å². The monoisotopic (exact) mass is 290 g/mol. The third-order valence-corrected chi connectivity index (χ3v) is 4.31. The highest BCUT2D eigenvalue weighted by molar-refractivity contribution is 5.96.